The lowest BCUT2D eigenvalue weighted by atomic mass is 9.92. The molecule has 0 fully saturated rings. The normalized spacial score (nSPS) is 15.8. The van der Waals surface area contributed by atoms with Gasteiger partial charge < -0.3 is 14.4 Å². The molecule has 0 bridgehead atoms. The molecule has 2 amide bonds. The molecule has 2 aromatic carbocycles. The Morgan fingerprint density at radius 3 is 2.06 bits per heavy atom. The molecule has 1 aliphatic heterocycles. The van der Waals surface area contributed by atoms with Gasteiger partial charge >= 0.3 is 0 Å². The van der Waals surface area contributed by atoms with Gasteiger partial charge in [-0.2, -0.15) is 5.10 Å². The van der Waals surface area contributed by atoms with Crippen molar-refractivity contribution in [2.75, 3.05) is 27.8 Å². The highest BCUT2D eigenvalue weighted by molar-refractivity contribution is 6.03. The lowest BCUT2D eigenvalue weighted by Gasteiger charge is -2.26. The number of hydrogen-bond acceptors (Lipinski definition) is 5. The van der Waals surface area contributed by atoms with Crippen LogP contribution in [0.4, 0.5) is 0 Å². The summed E-state index contributed by atoms with van der Waals surface area (Å²) in [7, 11) is 4.91. The molecule has 0 saturated heterocycles. The number of benzene rings is 2. The van der Waals surface area contributed by atoms with Gasteiger partial charge in [-0.05, 0) is 52.9 Å². The molecule has 176 valence electrons. The van der Waals surface area contributed by atoms with E-state index in [1.165, 1.54) is 9.91 Å². The summed E-state index contributed by atoms with van der Waals surface area (Å²) < 4.78 is 10.5. The van der Waals surface area contributed by atoms with E-state index in [9.17, 15) is 9.59 Å². The maximum atomic E-state index is 13.3. The monoisotopic (exact) mass is 451 g/mol. The van der Waals surface area contributed by atoms with E-state index in [-0.39, 0.29) is 29.8 Å². The predicted octanol–water partition coefficient (Wildman–Crippen LogP) is 4.28. The molecule has 3 rings (SSSR count). The molecule has 0 radical (unpaired) electrons. The molecule has 0 saturated carbocycles. The Labute approximate surface area is 196 Å². The first-order valence-electron chi connectivity index (χ1n) is 11.0. The van der Waals surface area contributed by atoms with Crippen LogP contribution in [0.3, 0.4) is 0 Å². The van der Waals surface area contributed by atoms with Crippen LogP contribution in [0.2, 0.25) is 0 Å². The Balaban J connectivity index is 1.85. The Hall–Kier alpha value is -3.35. The number of hydrazone groups is 1. The van der Waals surface area contributed by atoms with Crippen LogP contribution >= 0.6 is 0 Å². The van der Waals surface area contributed by atoms with Crippen molar-refractivity contribution in [3.05, 3.63) is 59.7 Å². The van der Waals surface area contributed by atoms with Crippen LogP contribution < -0.4 is 9.47 Å². The molecule has 2 aromatic rings. The van der Waals surface area contributed by atoms with E-state index in [1.807, 2.05) is 69.3 Å². The topological polar surface area (TPSA) is 71.4 Å². The average Bonchev–Trinajstić information content (AvgIpc) is 3.23. The van der Waals surface area contributed by atoms with Gasteiger partial charge in [0.25, 0.3) is 5.91 Å². The van der Waals surface area contributed by atoms with Gasteiger partial charge in [-0.1, -0.05) is 32.9 Å². The minimum Gasteiger partial charge on any atom is -0.497 e. The van der Waals surface area contributed by atoms with E-state index < -0.39 is 0 Å². The first-order valence-corrected chi connectivity index (χ1v) is 11.0. The summed E-state index contributed by atoms with van der Waals surface area (Å²) >= 11 is 0. The molecule has 0 aliphatic carbocycles. The Morgan fingerprint density at radius 2 is 1.55 bits per heavy atom. The first-order chi connectivity index (χ1) is 15.6. The minimum atomic E-state index is -0.258. The van der Waals surface area contributed by atoms with E-state index in [2.05, 4.69) is 0 Å². The van der Waals surface area contributed by atoms with Crippen LogP contribution in [-0.4, -0.2) is 55.2 Å². The van der Waals surface area contributed by atoms with Gasteiger partial charge in [0.15, 0.2) is 0 Å². The highest BCUT2D eigenvalue weighted by Crippen LogP contribution is 2.34. The summed E-state index contributed by atoms with van der Waals surface area (Å²) in [6.45, 7) is 5.99. The second-order valence-electron chi connectivity index (χ2n) is 9.49. The Kier molecular flexibility index (Phi) is 7.41. The van der Waals surface area contributed by atoms with Crippen LogP contribution in [0, 0.1) is 5.41 Å². The van der Waals surface area contributed by atoms with Gasteiger partial charge in [-0.15, -0.1) is 0 Å². The maximum Gasteiger partial charge on any atom is 0.262 e. The fraction of sp³-hybridized carbons (Fsp3) is 0.423. The largest absolute Gasteiger partial charge is 0.497 e. The maximum absolute atomic E-state index is 13.3. The van der Waals surface area contributed by atoms with Crippen LogP contribution in [0.25, 0.3) is 0 Å². The summed E-state index contributed by atoms with van der Waals surface area (Å²) in [6, 6.07) is 15.0. The van der Waals surface area contributed by atoms with Crippen molar-refractivity contribution in [1.29, 1.82) is 0 Å². The number of hydrogen-bond donors (Lipinski definition) is 0. The molecule has 1 unspecified atom stereocenters. The smallest absolute Gasteiger partial charge is 0.262 e. The van der Waals surface area contributed by atoms with E-state index >= 15 is 0 Å². The quantitative estimate of drug-likeness (QED) is 0.630. The van der Waals surface area contributed by atoms with Crippen molar-refractivity contribution in [2.24, 2.45) is 10.5 Å². The standard InChI is InChI=1S/C26H33N3O4/c1-26(2,3)16-24(30)28(4)17-25(31)29-23(19-9-13-21(33-6)14-10-19)15-22(27-29)18-7-11-20(32-5)12-8-18/h7-14,23H,15-17H2,1-6H3. The average molecular weight is 452 g/mol. The Morgan fingerprint density at radius 1 is 1.00 bits per heavy atom. The molecule has 1 atom stereocenters. The molecule has 1 aliphatic rings. The highest BCUT2D eigenvalue weighted by Gasteiger charge is 2.34. The molecule has 1 heterocycles. The SMILES string of the molecule is COc1ccc(C2=NN(C(=O)CN(C)C(=O)CC(C)(C)C)C(c3ccc(OC)cc3)C2)cc1. The fourth-order valence-corrected chi connectivity index (χ4v) is 3.74. The molecule has 7 nitrogen and oxygen atoms in total. The number of ether oxygens (including phenoxy) is 2. The summed E-state index contributed by atoms with van der Waals surface area (Å²) in [5, 5.41) is 6.21. The number of rotatable bonds is 7. The predicted molar refractivity (Wildman–Crippen MR) is 128 cm³/mol. The molecule has 0 aromatic heterocycles. The summed E-state index contributed by atoms with van der Waals surface area (Å²) in [5.74, 6) is 1.23. The second kappa shape index (κ2) is 10.1. The first kappa shape index (κ1) is 24.3. The molecule has 0 N–H and O–H groups in total. The molecule has 7 heteroatoms. The van der Waals surface area contributed by atoms with Gasteiger partial charge in [0.05, 0.1) is 26.0 Å². The number of likely N-dealkylation sites (N-methyl/N-ethyl adjacent to an activating group) is 1. The van der Waals surface area contributed by atoms with Crippen molar-refractivity contribution in [3.63, 3.8) is 0 Å². The zero-order valence-electron chi connectivity index (χ0n) is 20.3. The van der Waals surface area contributed by atoms with Gasteiger partial charge in [0, 0.05) is 19.9 Å². The zero-order chi connectivity index (χ0) is 24.2. The number of amides is 2. The third-order valence-electron chi connectivity index (χ3n) is 5.57. The third-order valence-corrected chi connectivity index (χ3v) is 5.57. The lowest BCUT2D eigenvalue weighted by molar-refractivity contribution is -0.141. The number of carbonyl (C=O) groups is 2. The molecule has 33 heavy (non-hydrogen) atoms. The second-order valence-corrected chi connectivity index (χ2v) is 9.49. The minimum absolute atomic E-state index is 0.0268. The number of nitrogens with zero attached hydrogens (tertiary/aromatic N) is 3. The van der Waals surface area contributed by atoms with E-state index in [4.69, 9.17) is 14.6 Å². The van der Waals surface area contributed by atoms with Gasteiger partial charge in [-0.25, -0.2) is 5.01 Å². The summed E-state index contributed by atoms with van der Waals surface area (Å²) in [4.78, 5) is 27.3. The van der Waals surface area contributed by atoms with Crippen molar-refractivity contribution in [2.45, 2.75) is 39.7 Å². The van der Waals surface area contributed by atoms with Gasteiger partial charge in [0.2, 0.25) is 5.91 Å². The highest BCUT2D eigenvalue weighted by atomic mass is 16.5. The zero-order valence-corrected chi connectivity index (χ0v) is 20.3. The van der Waals surface area contributed by atoms with Crippen LogP contribution in [0.15, 0.2) is 53.6 Å². The van der Waals surface area contributed by atoms with E-state index in [0.717, 1.165) is 28.3 Å². The van der Waals surface area contributed by atoms with Crippen LogP contribution in [0.1, 0.15) is 50.8 Å². The van der Waals surface area contributed by atoms with Crippen molar-refractivity contribution in [1.82, 2.24) is 9.91 Å². The number of carbonyl (C=O) groups excluding carboxylic acids is 2. The van der Waals surface area contributed by atoms with Crippen molar-refractivity contribution in [3.8, 4) is 11.5 Å². The van der Waals surface area contributed by atoms with Crippen molar-refractivity contribution >= 4 is 17.5 Å². The molecular weight excluding hydrogens is 418 g/mol. The Bertz CT molecular complexity index is 1010. The summed E-state index contributed by atoms with van der Waals surface area (Å²) in [5.41, 5.74) is 2.56. The van der Waals surface area contributed by atoms with Crippen LogP contribution in [0.5, 0.6) is 11.5 Å². The van der Waals surface area contributed by atoms with Gasteiger partial charge in [0.1, 0.15) is 18.0 Å². The number of methoxy groups -OCH3 is 2. The van der Waals surface area contributed by atoms with E-state index in [1.54, 1.807) is 21.3 Å². The lowest BCUT2D eigenvalue weighted by Crippen LogP contribution is -2.40. The van der Waals surface area contributed by atoms with Crippen LogP contribution in [-0.2, 0) is 9.59 Å². The van der Waals surface area contributed by atoms with E-state index in [0.29, 0.717) is 12.8 Å². The fourth-order valence-electron chi connectivity index (χ4n) is 3.74. The van der Waals surface area contributed by atoms with Gasteiger partial charge in [-0.3, -0.25) is 9.59 Å². The van der Waals surface area contributed by atoms with Crippen molar-refractivity contribution < 1.29 is 19.1 Å². The third kappa shape index (κ3) is 6.12. The molecular formula is C26H33N3O4. The summed E-state index contributed by atoms with van der Waals surface area (Å²) in [6.07, 6.45) is 0.948. The molecule has 0 spiro atoms.